The Balaban J connectivity index is 2.46. The van der Waals surface area contributed by atoms with Gasteiger partial charge in [-0.25, -0.2) is 8.70 Å². The van der Waals surface area contributed by atoms with Gasteiger partial charge in [0.05, 0.1) is 5.69 Å². The Morgan fingerprint density at radius 3 is 2.20 bits per heavy atom. The molecule has 0 fully saturated rings. The summed E-state index contributed by atoms with van der Waals surface area (Å²) in [5.74, 6) is -1.69. The van der Waals surface area contributed by atoms with Gasteiger partial charge < -0.3 is 10.2 Å². The van der Waals surface area contributed by atoms with Crippen molar-refractivity contribution in [3.05, 3.63) is 64.9 Å². The molecule has 0 aliphatic rings. The summed E-state index contributed by atoms with van der Waals surface area (Å²) in [5, 5.41) is 3.19. The molecule has 35 heavy (non-hydrogen) atoms. The van der Waals surface area contributed by atoms with Crippen LogP contribution in [0.5, 0.6) is 0 Å². The normalized spacial score (nSPS) is 12.5. The summed E-state index contributed by atoms with van der Waals surface area (Å²) in [6, 6.07) is 11.2. The van der Waals surface area contributed by atoms with Gasteiger partial charge in [-0.2, -0.15) is 12.7 Å². The lowest BCUT2D eigenvalue weighted by atomic mass is 10.1. The van der Waals surface area contributed by atoms with Gasteiger partial charge in [0.1, 0.15) is 18.4 Å². The maximum Gasteiger partial charge on any atom is 0.304 e. The number of benzene rings is 2. The number of carbonyl (C=O) groups is 2. The molecule has 0 radical (unpaired) electrons. The summed E-state index contributed by atoms with van der Waals surface area (Å²) in [6.45, 7) is 5.09. The lowest BCUT2D eigenvalue weighted by Crippen LogP contribution is -2.52. The van der Waals surface area contributed by atoms with Crippen molar-refractivity contribution >= 4 is 39.3 Å². The van der Waals surface area contributed by atoms with Gasteiger partial charge in [0, 0.05) is 32.2 Å². The van der Waals surface area contributed by atoms with Gasteiger partial charge in [0.15, 0.2) is 0 Å². The van der Waals surface area contributed by atoms with Gasteiger partial charge in [-0.1, -0.05) is 55.8 Å². The fraction of sp³-hybridized carbons (Fsp3) is 0.417. The first-order valence-electron chi connectivity index (χ1n) is 11.1. The number of nitrogens with one attached hydrogen (secondary N) is 1. The fourth-order valence-corrected chi connectivity index (χ4v) is 4.46. The van der Waals surface area contributed by atoms with Crippen molar-refractivity contribution in [3.8, 4) is 0 Å². The van der Waals surface area contributed by atoms with Crippen molar-refractivity contribution in [1.29, 1.82) is 0 Å². The minimum absolute atomic E-state index is 0.0398. The highest BCUT2D eigenvalue weighted by Gasteiger charge is 2.33. The summed E-state index contributed by atoms with van der Waals surface area (Å²) < 4.78 is 42.3. The molecular formula is C24H32ClFN4O4S. The molecule has 2 rings (SSSR count). The maximum absolute atomic E-state index is 14.6. The lowest BCUT2D eigenvalue weighted by Gasteiger charge is -2.33. The van der Waals surface area contributed by atoms with Crippen molar-refractivity contribution in [1.82, 2.24) is 14.5 Å². The quantitative estimate of drug-likeness (QED) is 0.486. The molecule has 0 aliphatic heterocycles. The summed E-state index contributed by atoms with van der Waals surface area (Å²) in [5.41, 5.74) is 0.308. The van der Waals surface area contributed by atoms with Crippen molar-refractivity contribution in [3.63, 3.8) is 0 Å². The molecule has 0 spiro atoms. The number of nitrogens with zero attached hydrogens (tertiary/aromatic N) is 3. The van der Waals surface area contributed by atoms with E-state index in [-0.39, 0.29) is 18.2 Å². The molecule has 0 saturated carbocycles. The Hall–Kier alpha value is -2.69. The minimum atomic E-state index is -4.24. The van der Waals surface area contributed by atoms with Crippen LogP contribution in [0.1, 0.15) is 26.3 Å². The predicted molar refractivity (Wildman–Crippen MR) is 136 cm³/mol. The zero-order valence-corrected chi connectivity index (χ0v) is 22.1. The molecule has 0 saturated heterocycles. The van der Waals surface area contributed by atoms with E-state index in [1.54, 1.807) is 31.2 Å². The Bertz CT molecular complexity index is 1140. The smallest absolute Gasteiger partial charge is 0.304 e. The molecule has 0 heterocycles. The van der Waals surface area contributed by atoms with Crippen LogP contribution in [0.15, 0.2) is 48.5 Å². The first-order chi connectivity index (χ1) is 16.4. The van der Waals surface area contributed by atoms with Gasteiger partial charge in [0.2, 0.25) is 11.8 Å². The number of hydrogen-bond donors (Lipinski definition) is 1. The third-order valence-corrected chi connectivity index (χ3v) is 7.46. The number of amides is 2. The van der Waals surface area contributed by atoms with Crippen molar-refractivity contribution in [2.24, 2.45) is 5.92 Å². The van der Waals surface area contributed by atoms with E-state index in [1.807, 2.05) is 13.8 Å². The SMILES string of the molecule is CC(C)CNC(=O)[C@@H](C)N(Cc1ccccc1Cl)C(=O)CN(c1ccccc1F)S(=O)(=O)N(C)C. The highest BCUT2D eigenvalue weighted by atomic mass is 35.5. The number of carbonyl (C=O) groups excluding carboxylic acids is 2. The summed E-state index contributed by atoms with van der Waals surface area (Å²) in [4.78, 5) is 27.7. The van der Waals surface area contributed by atoms with Crippen LogP contribution in [-0.4, -0.2) is 62.7 Å². The van der Waals surface area contributed by atoms with E-state index >= 15 is 0 Å². The first-order valence-corrected chi connectivity index (χ1v) is 12.9. The Labute approximate surface area is 211 Å². The second-order valence-electron chi connectivity index (χ2n) is 8.68. The van der Waals surface area contributed by atoms with E-state index in [0.29, 0.717) is 21.4 Å². The van der Waals surface area contributed by atoms with Gasteiger partial charge in [-0.05, 0) is 36.6 Å². The van der Waals surface area contributed by atoms with Crippen molar-refractivity contribution in [2.45, 2.75) is 33.4 Å². The monoisotopic (exact) mass is 526 g/mol. The van der Waals surface area contributed by atoms with Gasteiger partial charge >= 0.3 is 10.2 Å². The van der Waals surface area contributed by atoms with Crippen LogP contribution in [0.4, 0.5) is 10.1 Å². The number of halogens is 2. The molecule has 8 nitrogen and oxygen atoms in total. The lowest BCUT2D eigenvalue weighted by molar-refractivity contribution is -0.139. The maximum atomic E-state index is 14.6. The summed E-state index contributed by atoms with van der Waals surface area (Å²) in [6.07, 6.45) is 0. The fourth-order valence-electron chi connectivity index (χ4n) is 3.20. The standard InChI is InChI=1S/C24H32ClFN4O4S/c1-17(2)14-27-24(32)18(3)29(15-19-10-6-7-11-20(19)25)23(31)16-30(35(33,34)28(4)5)22-13-9-8-12-21(22)26/h6-13,17-18H,14-16H2,1-5H3,(H,27,32)/t18-/m1/s1. The molecule has 2 aromatic rings. The highest BCUT2D eigenvalue weighted by Crippen LogP contribution is 2.24. The van der Waals surface area contributed by atoms with Crippen LogP contribution in [0.3, 0.4) is 0 Å². The van der Waals surface area contributed by atoms with Gasteiger partial charge in [-0.3, -0.25) is 9.59 Å². The van der Waals surface area contributed by atoms with Crippen LogP contribution in [0.2, 0.25) is 5.02 Å². The van der Waals surface area contributed by atoms with Crippen LogP contribution in [0, 0.1) is 11.7 Å². The Morgan fingerprint density at radius 2 is 1.63 bits per heavy atom. The van der Waals surface area contributed by atoms with E-state index in [2.05, 4.69) is 5.32 Å². The molecule has 0 unspecified atom stereocenters. The van der Waals surface area contributed by atoms with E-state index in [1.165, 1.54) is 37.2 Å². The van der Waals surface area contributed by atoms with Gasteiger partial charge in [0.25, 0.3) is 0 Å². The van der Waals surface area contributed by atoms with Crippen LogP contribution < -0.4 is 9.62 Å². The third kappa shape index (κ3) is 7.39. The molecule has 0 bridgehead atoms. The predicted octanol–water partition coefficient (Wildman–Crippen LogP) is 3.28. The number of rotatable bonds is 11. The average molecular weight is 527 g/mol. The number of para-hydroxylation sites is 1. The summed E-state index contributed by atoms with van der Waals surface area (Å²) in [7, 11) is -1.66. The van der Waals surface area contributed by atoms with E-state index < -0.39 is 40.4 Å². The van der Waals surface area contributed by atoms with E-state index in [9.17, 15) is 22.4 Å². The molecule has 2 amide bonds. The van der Waals surface area contributed by atoms with Crippen molar-refractivity contribution in [2.75, 3.05) is 31.5 Å². The molecule has 1 N–H and O–H groups in total. The number of hydrogen-bond acceptors (Lipinski definition) is 4. The van der Waals surface area contributed by atoms with E-state index in [0.717, 1.165) is 10.4 Å². The highest BCUT2D eigenvalue weighted by molar-refractivity contribution is 7.90. The Kier molecular flexibility index (Phi) is 10.1. The average Bonchev–Trinajstić information content (AvgIpc) is 2.80. The third-order valence-electron chi connectivity index (χ3n) is 5.29. The topological polar surface area (TPSA) is 90.0 Å². The van der Waals surface area contributed by atoms with E-state index in [4.69, 9.17) is 11.6 Å². The molecule has 0 aromatic heterocycles. The largest absolute Gasteiger partial charge is 0.354 e. The number of anilines is 1. The van der Waals surface area contributed by atoms with Crippen LogP contribution >= 0.6 is 11.6 Å². The zero-order chi connectivity index (χ0) is 26.3. The van der Waals surface area contributed by atoms with Crippen LogP contribution in [-0.2, 0) is 26.3 Å². The second-order valence-corrected chi connectivity index (χ2v) is 11.2. The Morgan fingerprint density at radius 1 is 1.03 bits per heavy atom. The molecule has 11 heteroatoms. The van der Waals surface area contributed by atoms with Gasteiger partial charge in [-0.15, -0.1) is 0 Å². The first kappa shape index (κ1) is 28.5. The molecule has 1 atom stereocenters. The molecule has 0 aliphatic carbocycles. The molecular weight excluding hydrogens is 495 g/mol. The second kappa shape index (κ2) is 12.3. The van der Waals surface area contributed by atoms with Crippen molar-refractivity contribution < 1.29 is 22.4 Å². The van der Waals surface area contributed by atoms with Crippen LogP contribution in [0.25, 0.3) is 0 Å². The summed E-state index contributed by atoms with van der Waals surface area (Å²) >= 11 is 6.30. The zero-order valence-electron chi connectivity index (χ0n) is 20.5. The minimum Gasteiger partial charge on any atom is -0.354 e. The molecule has 2 aromatic carbocycles. The molecule has 192 valence electrons.